The van der Waals surface area contributed by atoms with Crippen LogP contribution in [0, 0.1) is 0 Å². The summed E-state index contributed by atoms with van der Waals surface area (Å²) in [5.74, 6) is 0.613. The van der Waals surface area contributed by atoms with Crippen LogP contribution in [0.1, 0.15) is 0 Å². The summed E-state index contributed by atoms with van der Waals surface area (Å²) in [6.07, 6.45) is 0. The van der Waals surface area contributed by atoms with Crippen molar-refractivity contribution in [1.29, 1.82) is 0 Å². The molecular formula is C23H18N4O4. The summed E-state index contributed by atoms with van der Waals surface area (Å²) in [5, 5.41) is 1.24. The molecule has 0 fully saturated rings. The zero-order chi connectivity index (χ0) is 21.9. The number of para-hydroxylation sites is 1. The molecule has 0 aliphatic carbocycles. The lowest BCUT2D eigenvalue weighted by atomic mass is 10.1. The number of nitrogens with zero attached hydrogens (tertiary/aromatic N) is 4. The van der Waals surface area contributed by atoms with Crippen LogP contribution in [0.3, 0.4) is 0 Å². The summed E-state index contributed by atoms with van der Waals surface area (Å²) < 4.78 is 9.02. The molecular weight excluding hydrogens is 396 g/mol. The SMILES string of the molecule is COc1ccc2cc3c(=O)n(-c4ccccc4)c4c(c(=O)n(C)c(=O)n4C)c3nc2c1. The maximum atomic E-state index is 13.6. The van der Waals surface area contributed by atoms with E-state index in [1.165, 1.54) is 16.2 Å². The van der Waals surface area contributed by atoms with Gasteiger partial charge in [0, 0.05) is 25.5 Å². The second-order valence-corrected chi connectivity index (χ2v) is 7.32. The van der Waals surface area contributed by atoms with Crippen molar-refractivity contribution >= 4 is 32.8 Å². The normalized spacial score (nSPS) is 11.5. The Labute approximate surface area is 175 Å². The number of aromatic nitrogens is 4. The Bertz CT molecular complexity index is 1700. The van der Waals surface area contributed by atoms with E-state index < -0.39 is 11.2 Å². The zero-order valence-corrected chi connectivity index (χ0v) is 17.1. The van der Waals surface area contributed by atoms with Gasteiger partial charge in [-0.3, -0.25) is 23.3 Å². The lowest BCUT2D eigenvalue weighted by molar-refractivity contribution is 0.415. The number of pyridine rings is 2. The van der Waals surface area contributed by atoms with E-state index in [1.807, 2.05) is 12.1 Å². The predicted molar refractivity (Wildman–Crippen MR) is 119 cm³/mol. The molecule has 3 aromatic heterocycles. The van der Waals surface area contributed by atoms with Gasteiger partial charge in [0.25, 0.3) is 11.1 Å². The van der Waals surface area contributed by atoms with Crippen molar-refractivity contribution in [1.82, 2.24) is 18.7 Å². The lowest BCUT2D eigenvalue weighted by Gasteiger charge is -2.16. The average molecular weight is 414 g/mol. The summed E-state index contributed by atoms with van der Waals surface area (Å²) in [7, 11) is 4.51. The minimum absolute atomic E-state index is 0.201. The molecule has 8 heteroatoms. The first-order chi connectivity index (χ1) is 14.9. The highest BCUT2D eigenvalue weighted by Crippen LogP contribution is 2.26. The van der Waals surface area contributed by atoms with Crippen molar-refractivity contribution in [2.75, 3.05) is 7.11 Å². The third kappa shape index (κ3) is 2.61. The van der Waals surface area contributed by atoms with Crippen molar-refractivity contribution in [3.05, 3.63) is 85.8 Å². The van der Waals surface area contributed by atoms with E-state index in [0.717, 1.165) is 9.95 Å². The fraction of sp³-hybridized carbons (Fsp3) is 0.130. The fourth-order valence-corrected chi connectivity index (χ4v) is 3.96. The van der Waals surface area contributed by atoms with Crippen molar-refractivity contribution in [2.24, 2.45) is 14.1 Å². The number of ether oxygens (including phenoxy) is 1. The molecule has 0 saturated heterocycles. The van der Waals surface area contributed by atoms with E-state index in [2.05, 4.69) is 4.98 Å². The number of methoxy groups -OCH3 is 1. The van der Waals surface area contributed by atoms with Gasteiger partial charge in [0.15, 0.2) is 0 Å². The minimum Gasteiger partial charge on any atom is -0.497 e. The zero-order valence-electron chi connectivity index (χ0n) is 17.1. The van der Waals surface area contributed by atoms with Crippen LogP contribution in [0.2, 0.25) is 0 Å². The molecule has 154 valence electrons. The Hall–Kier alpha value is -4.20. The molecule has 0 unspecified atom stereocenters. The number of benzene rings is 2. The second kappa shape index (κ2) is 6.66. The monoisotopic (exact) mass is 414 g/mol. The topological polar surface area (TPSA) is 88.1 Å². The largest absolute Gasteiger partial charge is 0.497 e. The quantitative estimate of drug-likeness (QED) is 0.326. The molecule has 0 N–H and O–H groups in total. The molecule has 0 aliphatic heterocycles. The van der Waals surface area contributed by atoms with Crippen LogP contribution in [0.25, 0.3) is 38.5 Å². The molecule has 5 aromatic rings. The second-order valence-electron chi connectivity index (χ2n) is 7.32. The van der Waals surface area contributed by atoms with E-state index in [-0.39, 0.29) is 22.1 Å². The highest BCUT2D eigenvalue weighted by molar-refractivity contribution is 6.06. The van der Waals surface area contributed by atoms with Crippen molar-refractivity contribution in [3.8, 4) is 11.4 Å². The van der Waals surface area contributed by atoms with Crippen LogP contribution in [0.5, 0.6) is 5.75 Å². The Morgan fingerprint density at radius 2 is 1.61 bits per heavy atom. The van der Waals surface area contributed by atoms with E-state index >= 15 is 0 Å². The van der Waals surface area contributed by atoms with Crippen LogP contribution in [0.4, 0.5) is 0 Å². The van der Waals surface area contributed by atoms with Gasteiger partial charge in [-0.25, -0.2) is 9.78 Å². The summed E-state index contributed by atoms with van der Waals surface area (Å²) in [4.78, 5) is 44.2. The van der Waals surface area contributed by atoms with E-state index in [4.69, 9.17) is 4.74 Å². The van der Waals surface area contributed by atoms with Crippen LogP contribution in [-0.4, -0.2) is 25.8 Å². The van der Waals surface area contributed by atoms with Gasteiger partial charge in [-0.05, 0) is 30.3 Å². The number of fused-ring (bicyclic) bond motifs is 4. The van der Waals surface area contributed by atoms with Gasteiger partial charge in [-0.15, -0.1) is 0 Å². The molecule has 5 rings (SSSR count). The fourth-order valence-electron chi connectivity index (χ4n) is 3.96. The summed E-state index contributed by atoms with van der Waals surface area (Å²) >= 11 is 0. The molecule has 0 aliphatic rings. The van der Waals surface area contributed by atoms with Crippen LogP contribution in [-0.2, 0) is 14.1 Å². The average Bonchev–Trinajstić information content (AvgIpc) is 2.80. The Morgan fingerprint density at radius 3 is 2.32 bits per heavy atom. The van der Waals surface area contributed by atoms with E-state index in [1.54, 1.807) is 56.6 Å². The molecule has 0 spiro atoms. The first-order valence-electron chi connectivity index (χ1n) is 9.61. The highest BCUT2D eigenvalue weighted by atomic mass is 16.5. The van der Waals surface area contributed by atoms with Crippen molar-refractivity contribution < 1.29 is 4.74 Å². The molecule has 8 nitrogen and oxygen atoms in total. The summed E-state index contributed by atoms with van der Waals surface area (Å²) in [6.45, 7) is 0. The van der Waals surface area contributed by atoms with E-state index in [0.29, 0.717) is 22.3 Å². The number of hydrogen-bond donors (Lipinski definition) is 0. The minimum atomic E-state index is -0.525. The Balaban J connectivity index is 2.13. The molecule has 0 radical (unpaired) electrons. The Kier molecular flexibility index (Phi) is 4.04. The van der Waals surface area contributed by atoms with Gasteiger partial charge >= 0.3 is 5.69 Å². The van der Waals surface area contributed by atoms with Crippen LogP contribution >= 0.6 is 0 Å². The first-order valence-corrected chi connectivity index (χ1v) is 9.61. The molecule has 2 aromatic carbocycles. The van der Waals surface area contributed by atoms with Gasteiger partial charge < -0.3 is 4.74 Å². The van der Waals surface area contributed by atoms with Gasteiger partial charge in [-0.1, -0.05) is 18.2 Å². The maximum absolute atomic E-state index is 13.6. The number of rotatable bonds is 2. The Morgan fingerprint density at radius 1 is 0.871 bits per heavy atom. The molecule has 0 amide bonds. The lowest BCUT2D eigenvalue weighted by Crippen LogP contribution is -2.39. The predicted octanol–water partition coefficient (Wildman–Crippen LogP) is 2.10. The number of aryl methyl sites for hydroxylation is 1. The van der Waals surface area contributed by atoms with Crippen LogP contribution < -0.4 is 21.5 Å². The van der Waals surface area contributed by atoms with Gasteiger partial charge in [0.2, 0.25) is 0 Å². The first kappa shape index (κ1) is 18.8. The third-order valence-corrected chi connectivity index (χ3v) is 5.55. The third-order valence-electron chi connectivity index (χ3n) is 5.55. The maximum Gasteiger partial charge on any atom is 0.332 e. The number of hydrogen-bond acceptors (Lipinski definition) is 5. The molecule has 0 bridgehead atoms. The molecule has 0 saturated carbocycles. The smallest absolute Gasteiger partial charge is 0.332 e. The van der Waals surface area contributed by atoms with Crippen molar-refractivity contribution in [2.45, 2.75) is 0 Å². The molecule has 0 atom stereocenters. The molecule has 3 heterocycles. The van der Waals surface area contributed by atoms with Gasteiger partial charge in [-0.2, -0.15) is 0 Å². The highest BCUT2D eigenvalue weighted by Gasteiger charge is 2.21. The summed E-state index contributed by atoms with van der Waals surface area (Å²) in [5.41, 5.74) is 0.196. The standard InChI is InChI=1S/C23H18N4O4/c1-25-20-18(22(29)26(2)23(25)30)19-16(21(28)27(20)14-7-5-4-6-8-14)11-13-9-10-15(31-3)12-17(13)24-19/h4-12H,1-3H3. The van der Waals surface area contributed by atoms with Crippen molar-refractivity contribution in [3.63, 3.8) is 0 Å². The van der Waals surface area contributed by atoms with Crippen LogP contribution in [0.15, 0.2) is 69.0 Å². The summed E-state index contributed by atoms with van der Waals surface area (Å²) in [6, 6.07) is 16.0. The van der Waals surface area contributed by atoms with Gasteiger partial charge in [0.1, 0.15) is 16.8 Å². The van der Waals surface area contributed by atoms with Gasteiger partial charge in [0.05, 0.1) is 29.2 Å². The molecule has 31 heavy (non-hydrogen) atoms. The van der Waals surface area contributed by atoms with E-state index in [9.17, 15) is 14.4 Å².